The molecule has 1 amide bonds. The second-order valence-corrected chi connectivity index (χ2v) is 5.78. The summed E-state index contributed by atoms with van der Waals surface area (Å²) in [7, 11) is 0. The first-order valence-corrected chi connectivity index (χ1v) is 7.07. The van der Waals surface area contributed by atoms with E-state index in [1.54, 1.807) is 5.51 Å². The van der Waals surface area contributed by atoms with Crippen LogP contribution >= 0.6 is 11.3 Å². The lowest BCUT2D eigenvalue weighted by atomic mass is 10.2. The number of hydrogen-bond donors (Lipinski definition) is 0. The third-order valence-electron chi connectivity index (χ3n) is 3.34. The van der Waals surface area contributed by atoms with Gasteiger partial charge in [-0.3, -0.25) is 4.79 Å². The van der Waals surface area contributed by atoms with Crippen molar-refractivity contribution in [2.75, 3.05) is 6.54 Å². The number of aromatic nitrogens is 1. The van der Waals surface area contributed by atoms with Gasteiger partial charge in [0, 0.05) is 12.0 Å². The van der Waals surface area contributed by atoms with Gasteiger partial charge in [0.25, 0.3) is 12.3 Å². The fourth-order valence-electron chi connectivity index (χ4n) is 2.13. The molecule has 2 aliphatic carbocycles. The molecule has 3 rings (SSSR count). The number of halogens is 2. The number of carbonyl (C=O) groups excluding carboxylic acids is 1. The number of rotatable bonds is 5. The predicted molar refractivity (Wildman–Crippen MR) is 64.2 cm³/mol. The molecule has 18 heavy (non-hydrogen) atoms. The van der Waals surface area contributed by atoms with Crippen molar-refractivity contribution >= 4 is 17.2 Å². The molecule has 0 saturated heterocycles. The van der Waals surface area contributed by atoms with Gasteiger partial charge in [-0.2, -0.15) is 0 Å². The van der Waals surface area contributed by atoms with Gasteiger partial charge in [0.15, 0.2) is 0 Å². The molecule has 2 aliphatic rings. The van der Waals surface area contributed by atoms with Crippen LogP contribution in [0.15, 0.2) is 5.51 Å². The topological polar surface area (TPSA) is 33.2 Å². The van der Waals surface area contributed by atoms with Crippen LogP contribution in [0.5, 0.6) is 0 Å². The molecule has 6 heteroatoms. The summed E-state index contributed by atoms with van der Waals surface area (Å²) in [4.78, 5) is 18.5. The zero-order valence-electron chi connectivity index (χ0n) is 9.81. The molecule has 0 bridgehead atoms. The van der Waals surface area contributed by atoms with Crippen molar-refractivity contribution in [3.05, 3.63) is 16.1 Å². The molecule has 98 valence electrons. The van der Waals surface area contributed by atoms with Crippen LogP contribution in [0, 0.1) is 0 Å². The standard InChI is InChI=1S/C12H14F2N2OS/c13-9(14)5-16(8-3-4-8)12(17)11-10(7-1-2-7)15-6-18-11/h6-9H,1-5H2. The molecule has 2 fully saturated rings. The summed E-state index contributed by atoms with van der Waals surface area (Å²) in [5.41, 5.74) is 2.47. The van der Waals surface area contributed by atoms with Gasteiger partial charge in [-0.1, -0.05) is 0 Å². The zero-order chi connectivity index (χ0) is 12.7. The number of hydrogen-bond acceptors (Lipinski definition) is 3. The van der Waals surface area contributed by atoms with Gasteiger partial charge in [0.2, 0.25) is 0 Å². The van der Waals surface area contributed by atoms with Crippen molar-refractivity contribution in [2.45, 2.75) is 44.1 Å². The molecule has 0 spiro atoms. The Hall–Kier alpha value is -1.04. The van der Waals surface area contributed by atoms with Crippen LogP contribution in [0.3, 0.4) is 0 Å². The Morgan fingerprint density at radius 3 is 2.72 bits per heavy atom. The van der Waals surface area contributed by atoms with E-state index in [4.69, 9.17) is 0 Å². The van der Waals surface area contributed by atoms with Gasteiger partial charge in [-0.05, 0) is 25.7 Å². The van der Waals surface area contributed by atoms with Crippen molar-refractivity contribution < 1.29 is 13.6 Å². The summed E-state index contributed by atoms with van der Waals surface area (Å²) in [6.45, 7) is -0.453. The van der Waals surface area contributed by atoms with Crippen LogP contribution in [-0.2, 0) is 0 Å². The monoisotopic (exact) mass is 272 g/mol. The molecule has 0 radical (unpaired) electrons. The summed E-state index contributed by atoms with van der Waals surface area (Å²) in [5, 5.41) is 0. The van der Waals surface area contributed by atoms with E-state index in [0.29, 0.717) is 10.8 Å². The average Bonchev–Trinajstić information content (AvgIpc) is 3.24. The fourth-order valence-corrected chi connectivity index (χ4v) is 2.96. The predicted octanol–water partition coefficient (Wildman–Crippen LogP) is 2.89. The molecule has 0 unspecified atom stereocenters. The third-order valence-corrected chi connectivity index (χ3v) is 4.17. The number of thiazole rings is 1. The molecule has 1 aromatic heterocycles. The molecular weight excluding hydrogens is 258 g/mol. The number of amides is 1. The fraction of sp³-hybridized carbons (Fsp3) is 0.667. The summed E-state index contributed by atoms with van der Waals surface area (Å²) in [6.07, 6.45) is 1.34. The molecule has 1 aromatic rings. The Morgan fingerprint density at radius 2 is 2.17 bits per heavy atom. The first-order chi connectivity index (χ1) is 8.66. The number of alkyl halides is 2. The summed E-state index contributed by atoms with van der Waals surface area (Å²) >= 11 is 1.28. The lowest BCUT2D eigenvalue weighted by molar-refractivity contribution is 0.0537. The lowest BCUT2D eigenvalue weighted by Crippen LogP contribution is -2.37. The molecule has 1 heterocycles. The van der Waals surface area contributed by atoms with Gasteiger partial charge in [-0.15, -0.1) is 11.3 Å². The highest BCUT2D eigenvalue weighted by atomic mass is 32.1. The summed E-state index contributed by atoms with van der Waals surface area (Å²) in [6, 6.07) is 0.0145. The Morgan fingerprint density at radius 1 is 1.44 bits per heavy atom. The normalized spacial score (nSPS) is 19.3. The first-order valence-electron chi connectivity index (χ1n) is 6.19. The number of nitrogens with zero attached hydrogens (tertiary/aromatic N) is 2. The molecule has 0 N–H and O–H groups in total. The van der Waals surface area contributed by atoms with Gasteiger partial charge in [0.05, 0.1) is 17.7 Å². The highest BCUT2D eigenvalue weighted by Gasteiger charge is 2.38. The first kappa shape index (κ1) is 12.0. The van der Waals surface area contributed by atoms with Crippen LogP contribution in [0.4, 0.5) is 8.78 Å². The van der Waals surface area contributed by atoms with E-state index in [9.17, 15) is 13.6 Å². The number of carbonyl (C=O) groups is 1. The molecule has 3 nitrogen and oxygen atoms in total. The smallest absolute Gasteiger partial charge is 0.266 e. The maximum absolute atomic E-state index is 12.5. The second-order valence-electron chi connectivity index (χ2n) is 4.92. The van der Waals surface area contributed by atoms with E-state index in [1.165, 1.54) is 16.2 Å². The third kappa shape index (κ3) is 2.39. The minimum absolute atomic E-state index is 0.0145. The Kier molecular flexibility index (Phi) is 3.05. The molecule has 0 atom stereocenters. The maximum Gasteiger partial charge on any atom is 0.266 e. The van der Waals surface area contributed by atoms with E-state index in [1.807, 2.05) is 0 Å². The summed E-state index contributed by atoms with van der Waals surface area (Å²) in [5.74, 6) is 0.130. The minimum Gasteiger partial charge on any atom is -0.329 e. The summed E-state index contributed by atoms with van der Waals surface area (Å²) < 4.78 is 25.1. The van der Waals surface area contributed by atoms with Crippen molar-refractivity contribution in [2.24, 2.45) is 0 Å². The van der Waals surface area contributed by atoms with E-state index in [2.05, 4.69) is 4.98 Å². The second kappa shape index (κ2) is 4.57. The quantitative estimate of drug-likeness (QED) is 0.825. The van der Waals surface area contributed by atoms with Gasteiger partial charge in [-0.25, -0.2) is 13.8 Å². The van der Waals surface area contributed by atoms with Crippen LogP contribution in [0.25, 0.3) is 0 Å². The van der Waals surface area contributed by atoms with E-state index in [0.717, 1.165) is 31.4 Å². The Bertz CT molecular complexity index is 455. The Balaban J connectivity index is 1.80. The van der Waals surface area contributed by atoms with Crippen LogP contribution in [0.2, 0.25) is 0 Å². The van der Waals surface area contributed by atoms with Crippen molar-refractivity contribution in [3.8, 4) is 0 Å². The average molecular weight is 272 g/mol. The molecule has 2 saturated carbocycles. The largest absolute Gasteiger partial charge is 0.329 e. The van der Waals surface area contributed by atoms with Crippen LogP contribution in [0.1, 0.15) is 47.0 Å². The Labute approximate surface area is 108 Å². The van der Waals surface area contributed by atoms with E-state index >= 15 is 0 Å². The SMILES string of the molecule is O=C(c1scnc1C1CC1)N(CC(F)F)C1CC1. The highest BCUT2D eigenvalue weighted by molar-refractivity contribution is 7.11. The zero-order valence-corrected chi connectivity index (χ0v) is 10.6. The van der Waals surface area contributed by atoms with Gasteiger partial charge < -0.3 is 4.90 Å². The van der Waals surface area contributed by atoms with Crippen molar-refractivity contribution in [1.29, 1.82) is 0 Å². The van der Waals surface area contributed by atoms with Crippen molar-refractivity contribution in [3.63, 3.8) is 0 Å². The van der Waals surface area contributed by atoms with Crippen LogP contribution < -0.4 is 0 Å². The van der Waals surface area contributed by atoms with Gasteiger partial charge >= 0.3 is 0 Å². The van der Waals surface area contributed by atoms with Crippen molar-refractivity contribution in [1.82, 2.24) is 9.88 Å². The van der Waals surface area contributed by atoms with E-state index < -0.39 is 13.0 Å². The lowest BCUT2D eigenvalue weighted by Gasteiger charge is -2.21. The molecule has 0 aliphatic heterocycles. The van der Waals surface area contributed by atoms with E-state index in [-0.39, 0.29) is 11.9 Å². The van der Waals surface area contributed by atoms with Crippen LogP contribution in [-0.4, -0.2) is 34.8 Å². The minimum atomic E-state index is -2.47. The highest BCUT2D eigenvalue weighted by Crippen LogP contribution is 2.42. The molecular formula is C12H14F2N2OS. The van der Waals surface area contributed by atoms with Gasteiger partial charge in [0.1, 0.15) is 4.88 Å². The maximum atomic E-state index is 12.5. The molecule has 0 aromatic carbocycles.